The molecule has 0 heterocycles. The highest BCUT2D eigenvalue weighted by molar-refractivity contribution is 5.94. The monoisotopic (exact) mass is 256 g/mol. The summed E-state index contributed by atoms with van der Waals surface area (Å²) in [6.07, 6.45) is 1.80. The Bertz CT molecular complexity index is 336. The topological polar surface area (TPSA) is 55.1 Å². The van der Waals surface area contributed by atoms with Crippen LogP contribution in [0.15, 0.2) is 24.3 Å². The molecule has 1 atom stereocenters. The molecular weight excluding hydrogens is 236 g/mol. The molecule has 0 aliphatic rings. The maximum Gasteiger partial charge on any atom is 0.251 e. The van der Waals surface area contributed by atoms with Crippen LogP contribution in [0, 0.1) is 0 Å². The van der Waals surface area contributed by atoms with Crippen molar-refractivity contribution >= 4 is 18.3 Å². The van der Waals surface area contributed by atoms with Gasteiger partial charge in [0.1, 0.15) is 0 Å². The summed E-state index contributed by atoms with van der Waals surface area (Å²) in [5, 5.41) is 2.85. The molecule has 17 heavy (non-hydrogen) atoms. The number of amides is 1. The van der Waals surface area contributed by atoms with Gasteiger partial charge in [-0.1, -0.05) is 19.1 Å². The Kier molecular flexibility index (Phi) is 7.59. The quantitative estimate of drug-likeness (QED) is 0.848. The summed E-state index contributed by atoms with van der Waals surface area (Å²) in [6.45, 7) is 4.66. The zero-order chi connectivity index (χ0) is 12.0. The lowest BCUT2D eigenvalue weighted by atomic mass is 10.1. The zero-order valence-corrected chi connectivity index (χ0v) is 11.2. The van der Waals surface area contributed by atoms with Gasteiger partial charge in [-0.05, 0) is 37.5 Å². The average molecular weight is 257 g/mol. The van der Waals surface area contributed by atoms with Crippen LogP contribution in [0.4, 0.5) is 0 Å². The summed E-state index contributed by atoms with van der Waals surface area (Å²) in [5.41, 5.74) is 7.56. The lowest BCUT2D eigenvalue weighted by molar-refractivity contribution is 0.0953. The van der Waals surface area contributed by atoms with Crippen LogP contribution < -0.4 is 11.1 Å². The van der Waals surface area contributed by atoms with Crippen molar-refractivity contribution in [3.63, 3.8) is 0 Å². The number of hydrogen-bond donors (Lipinski definition) is 2. The van der Waals surface area contributed by atoms with Crippen LogP contribution in [0.3, 0.4) is 0 Å². The predicted molar refractivity (Wildman–Crippen MR) is 73.7 cm³/mol. The number of halogens is 1. The third kappa shape index (κ3) is 5.71. The molecule has 0 bridgehead atoms. The van der Waals surface area contributed by atoms with Crippen LogP contribution in [0.25, 0.3) is 0 Å². The zero-order valence-electron chi connectivity index (χ0n) is 10.4. The van der Waals surface area contributed by atoms with Crippen molar-refractivity contribution < 1.29 is 4.79 Å². The molecule has 3 nitrogen and oxygen atoms in total. The van der Waals surface area contributed by atoms with E-state index in [-0.39, 0.29) is 24.4 Å². The number of carbonyl (C=O) groups excluding carboxylic acids is 1. The summed E-state index contributed by atoms with van der Waals surface area (Å²) in [4.78, 5) is 11.7. The molecule has 1 amide bonds. The van der Waals surface area contributed by atoms with Gasteiger partial charge in [-0.15, -0.1) is 12.4 Å². The van der Waals surface area contributed by atoms with Crippen LogP contribution in [0.5, 0.6) is 0 Å². The second-order valence-corrected chi connectivity index (χ2v) is 4.07. The van der Waals surface area contributed by atoms with Crippen LogP contribution in [-0.4, -0.2) is 18.5 Å². The number of rotatable bonds is 5. The van der Waals surface area contributed by atoms with Gasteiger partial charge >= 0.3 is 0 Å². The number of hydrogen-bond acceptors (Lipinski definition) is 2. The lowest BCUT2D eigenvalue weighted by Crippen LogP contribution is -2.28. The van der Waals surface area contributed by atoms with Crippen molar-refractivity contribution in [3.05, 3.63) is 35.4 Å². The molecular formula is C13H21ClN2O. The Hall–Kier alpha value is -1.06. The van der Waals surface area contributed by atoms with E-state index >= 15 is 0 Å². The number of aryl methyl sites for hydroxylation is 1. The van der Waals surface area contributed by atoms with E-state index in [0.717, 1.165) is 12.8 Å². The minimum Gasteiger partial charge on any atom is -0.352 e. The van der Waals surface area contributed by atoms with Crippen molar-refractivity contribution in [3.8, 4) is 0 Å². The third-order valence-corrected chi connectivity index (χ3v) is 2.51. The van der Waals surface area contributed by atoms with E-state index in [1.165, 1.54) is 5.56 Å². The van der Waals surface area contributed by atoms with Crippen molar-refractivity contribution in [1.82, 2.24) is 5.32 Å². The smallest absolute Gasteiger partial charge is 0.251 e. The van der Waals surface area contributed by atoms with E-state index in [1.807, 2.05) is 31.2 Å². The Labute approximate surface area is 109 Å². The molecule has 1 rings (SSSR count). The maximum atomic E-state index is 11.7. The summed E-state index contributed by atoms with van der Waals surface area (Å²) >= 11 is 0. The fourth-order valence-corrected chi connectivity index (χ4v) is 1.41. The van der Waals surface area contributed by atoms with E-state index < -0.39 is 0 Å². The molecule has 1 aromatic rings. The lowest BCUT2D eigenvalue weighted by Gasteiger charge is -2.07. The molecule has 0 saturated heterocycles. The highest BCUT2D eigenvalue weighted by atomic mass is 35.5. The molecule has 0 spiro atoms. The van der Waals surface area contributed by atoms with E-state index in [0.29, 0.717) is 12.1 Å². The highest BCUT2D eigenvalue weighted by Gasteiger charge is 2.04. The van der Waals surface area contributed by atoms with Gasteiger partial charge in [0.25, 0.3) is 5.91 Å². The number of benzene rings is 1. The molecule has 0 aliphatic carbocycles. The van der Waals surface area contributed by atoms with Crippen molar-refractivity contribution in [2.45, 2.75) is 32.7 Å². The first kappa shape index (κ1) is 15.9. The van der Waals surface area contributed by atoms with Crippen LogP contribution in [0.2, 0.25) is 0 Å². The molecule has 1 aromatic carbocycles. The number of nitrogens with one attached hydrogen (secondary N) is 1. The summed E-state index contributed by atoms with van der Waals surface area (Å²) in [5.74, 6) is -0.0247. The SMILES string of the molecule is CCc1ccc(C(=O)NCCC(C)N)cc1.Cl. The van der Waals surface area contributed by atoms with Gasteiger partial charge in [0.2, 0.25) is 0 Å². The molecule has 96 valence electrons. The average Bonchev–Trinajstić information content (AvgIpc) is 2.28. The first-order valence-electron chi connectivity index (χ1n) is 5.76. The molecule has 4 heteroatoms. The predicted octanol–water partition coefficient (Wildman–Crippen LogP) is 2.14. The standard InChI is InChI=1S/C13H20N2O.ClH/c1-3-11-4-6-12(7-5-11)13(16)15-9-8-10(2)14;/h4-7,10H,3,8-9,14H2,1-2H3,(H,15,16);1H. The number of carbonyl (C=O) groups is 1. The van der Waals surface area contributed by atoms with Gasteiger partial charge in [0, 0.05) is 18.2 Å². The van der Waals surface area contributed by atoms with Gasteiger partial charge in [0.15, 0.2) is 0 Å². The van der Waals surface area contributed by atoms with Gasteiger partial charge in [-0.2, -0.15) is 0 Å². The molecule has 1 unspecified atom stereocenters. The van der Waals surface area contributed by atoms with Crippen LogP contribution >= 0.6 is 12.4 Å². The van der Waals surface area contributed by atoms with Gasteiger partial charge in [-0.25, -0.2) is 0 Å². The normalized spacial score (nSPS) is 11.5. The van der Waals surface area contributed by atoms with Gasteiger partial charge < -0.3 is 11.1 Å². The second kappa shape index (κ2) is 8.09. The number of nitrogens with two attached hydrogens (primary N) is 1. The minimum atomic E-state index is -0.0247. The Morgan fingerprint density at radius 3 is 2.41 bits per heavy atom. The molecule has 0 aromatic heterocycles. The molecule has 3 N–H and O–H groups in total. The summed E-state index contributed by atoms with van der Waals surface area (Å²) < 4.78 is 0. The van der Waals surface area contributed by atoms with E-state index in [9.17, 15) is 4.79 Å². The van der Waals surface area contributed by atoms with E-state index in [4.69, 9.17) is 5.73 Å². The van der Waals surface area contributed by atoms with Crippen molar-refractivity contribution in [2.24, 2.45) is 5.73 Å². The summed E-state index contributed by atoms with van der Waals surface area (Å²) in [7, 11) is 0. The van der Waals surface area contributed by atoms with Gasteiger partial charge in [-0.3, -0.25) is 4.79 Å². The molecule has 0 saturated carbocycles. The fraction of sp³-hybridized carbons (Fsp3) is 0.462. The van der Waals surface area contributed by atoms with E-state index in [1.54, 1.807) is 0 Å². The van der Waals surface area contributed by atoms with Crippen LogP contribution in [-0.2, 0) is 6.42 Å². The largest absolute Gasteiger partial charge is 0.352 e. The Morgan fingerprint density at radius 2 is 1.94 bits per heavy atom. The second-order valence-electron chi connectivity index (χ2n) is 4.07. The maximum absolute atomic E-state index is 11.7. The molecule has 0 radical (unpaired) electrons. The minimum absolute atomic E-state index is 0. The van der Waals surface area contributed by atoms with Crippen molar-refractivity contribution in [2.75, 3.05) is 6.54 Å². The highest BCUT2D eigenvalue weighted by Crippen LogP contribution is 2.04. The molecule has 0 aliphatic heterocycles. The summed E-state index contributed by atoms with van der Waals surface area (Å²) in [6, 6.07) is 7.82. The van der Waals surface area contributed by atoms with Gasteiger partial charge in [0.05, 0.1) is 0 Å². The first-order valence-corrected chi connectivity index (χ1v) is 5.76. The third-order valence-electron chi connectivity index (χ3n) is 2.51. The Balaban J connectivity index is 0.00000256. The fourth-order valence-electron chi connectivity index (χ4n) is 1.41. The van der Waals surface area contributed by atoms with Crippen molar-refractivity contribution in [1.29, 1.82) is 0 Å². The first-order chi connectivity index (χ1) is 7.63. The Morgan fingerprint density at radius 1 is 1.35 bits per heavy atom. The van der Waals surface area contributed by atoms with Crippen LogP contribution in [0.1, 0.15) is 36.2 Å². The molecule has 0 fully saturated rings. The van der Waals surface area contributed by atoms with E-state index in [2.05, 4.69) is 12.2 Å².